The zero-order valence-corrected chi connectivity index (χ0v) is 78.4. The number of hydrogen-bond acceptors (Lipinski definition) is 32. The number of benzene rings is 12. The molecule has 0 spiro atoms. The molecule has 12 rings (SSSR count). The Labute approximate surface area is 833 Å². The highest BCUT2D eigenvalue weighted by Crippen LogP contribution is 2.38. The van der Waals surface area contributed by atoms with Gasteiger partial charge in [0.15, 0.2) is 10.8 Å². The molecular formula is C113H92N6O26. The van der Waals surface area contributed by atoms with Crippen molar-refractivity contribution in [3.05, 3.63) is 336 Å². The van der Waals surface area contributed by atoms with Crippen molar-refractivity contribution < 1.29 is 124 Å². The van der Waals surface area contributed by atoms with E-state index in [2.05, 4.69) is 24.3 Å². The van der Waals surface area contributed by atoms with Crippen molar-refractivity contribution >= 4 is 65.7 Å². The molecule has 12 aromatic carbocycles. The average molecular weight is 1950 g/mol. The first-order chi connectivity index (χ1) is 70.2. The first-order valence-corrected chi connectivity index (χ1v) is 45.4. The highest BCUT2D eigenvalue weighted by Gasteiger charge is 2.46. The van der Waals surface area contributed by atoms with E-state index in [0.29, 0.717) is 22.3 Å². The monoisotopic (exact) mass is 1950 g/mol. The fourth-order valence-electron chi connectivity index (χ4n) is 14.2. The lowest BCUT2D eigenvalue weighted by molar-refractivity contribution is -0.168. The molecule has 32 nitrogen and oxygen atoms in total. The quantitative estimate of drug-likeness (QED) is 0.0148. The molecule has 0 aromatic heterocycles. The van der Waals surface area contributed by atoms with Gasteiger partial charge >= 0.3 is 65.7 Å². The fraction of sp³-hybridized carbons (Fsp3) is 0.212. The summed E-state index contributed by atoms with van der Waals surface area (Å²) in [7, 11) is 0. The van der Waals surface area contributed by atoms with Crippen LogP contribution < -0.4 is 37.9 Å². The van der Waals surface area contributed by atoms with Crippen LogP contribution in [0.2, 0.25) is 0 Å². The Bertz CT molecular complexity index is 6080. The second-order valence-corrected chi connectivity index (χ2v) is 32.9. The maximum atomic E-state index is 14.8. The first kappa shape index (κ1) is 105. The average Bonchev–Trinajstić information content (AvgIpc) is 0.821. The number of carbonyl (C=O) groups is 11. The van der Waals surface area contributed by atoms with Crippen LogP contribution in [0.5, 0.6) is 46.0 Å². The Morgan fingerprint density at radius 1 is 0.234 bits per heavy atom. The number of esters is 11. The summed E-state index contributed by atoms with van der Waals surface area (Å²) in [4.78, 5) is 149. The standard InChI is InChI=1S/C113H92N6O26/c1-76(120)139-73-111(2,74-140-109(129)112(71-118,55-51-101(121)135-63-59-131-93-35-27-89(28-36-93)105(125)142-97-43-19-85(20-44-97)81-11-3-77(67-114)4-12-81)56-52-102(122)136-64-60-132-94-37-29-90(30-38-94)106(126)143-98-45-21-86(22-46-98)82-13-5-78(68-115)6-14-82)75-141-110(130)113(72-119,57-53-103(123)137-65-61-133-95-39-31-91(32-40-95)107(127)144-99-47-23-87(24-48-99)83-15-7-79(69-116)8-16-83)58-54-104(124)138-66-62-134-96-41-33-92(34-42-96)108(128)145-100-49-25-88(26-50-100)84-17-9-80(70-117)10-18-84/h3-50H,51-66,73-75H2,1-2H3. The molecule has 0 saturated carbocycles. The summed E-state index contributed by atoms with van der Waals surface area (Å²) in [6.45, 7) is -2.23. The number of carbonyl (C=O) groups excluding carboxylic acids is 11. The lowest BCUT2D eigenvalue weighted by Gasteiger charge is -2.32. The molecule has 0 amide bonds. The molecule has 12 aromatic rings. The lowest BCUT2D eigenvalue weighted by atomic mass is 9.80. The zero-order valence-electron chi connectivity index (χ0n) is 78.4. The van der Waals surface area contributed by atoms with Gasteiger partial charge in [0.25, 0.3) is 0 Å². The van der Waals surface area contributed by atoms with Crippen LogP contribution in [0.4, 0.5) is 0 Å². The van der Waals surface area contributed by atoms with Crippen LogP contribution in [0.15, 0.2) is 291 Å². The second-order valence-electron chi connectivity index (χ2n) is 32.9. The van der Waals surface area contributed by atoms with Crippen LogP contribution in [0.3, 0.4) is 0 Å². The summed E-state index contributed by atoms with van der Waals surface area (Å²) < 4.78 is 84.3. The molecule has 0 heterocycles. The van der Waals surface area contributed by atoms with Gasteiger partial charge in [-0.2, -0.15) is 31.6 Å². The molecule has 0 aliphatic rings. The van der Waals surface area contributed by atoms with Crippen LogP contribution in [-0.4, -0.2) is 138 Å². The molecule has 32 heteroatoms. The molecule has 730 valence electrons. The van der Waals surface area contributed by atoms with Gasteiger partial charge in [0.2, 0.25) is 0 Å². The van der Waals surface area contributed by atoms with Gasteiger partial charge in [-0.25, -0.2) is 19.2 Å². The van der Waals surface area contributed by atoms with Crippen molar-refractivity contribution in [2.45, 2.75) is 65.2 Å². The minimum absolute atomic E-state index is 0.182. The minimum Gasteiger partial charge on any atom is -0.490 e. The predicted octanol–water partition coefficient (Wildman–Crippen LogP) is 18.3. The zero-order chi connectivity index (χ0) is 103. The van der Waals surface area contributed by atoms with Gasteiger partial charge < -0.3 is 71.1 Å². The van der Waals surface area contributed by atoms with Crippen LogP contribution in [0, 0.1) is 84.2 Å². The normalized spacial score (nSPS) is 10.8. The largest absolute Gasteiger partial charge is 0.490 e. The Hall–Kier alpha value is -19.0. The summed E-state index contributed by atoms with van der Waals surface area (Å²) in [6.07, 6.45) is -5.09. The Balaban J connectivity index is 0.668. The molecule has 0 atom stereocenters. The molecular weight excluding hydrogens is 1860 g/mol. The van der Waals surface area contributed by atoms with E-state index in [0.717, 1.165) is 51.4 Å². The molecule has 0 radical (unpaired) electrons. The van der Waals surface area contributed by atoms with Gasteiger partial charge in [0.1, 0.15) is 119 Å². The topological polar surface area (TPSA) is 469 Å². The Morgan fingerprint density at radius 2 is 0.421 bits per heavy atom. The molecule has 0 bridgehead atoms. The highest BCUT2D eigenvalue weighted by atomic mass is 16.6. The molecule has 0 N–H and O–H groups in total. The van der Waals surface area contributed by atoms with Crippen molar-refractivity contribution in [2.75, 3.05) is 72.7 Å². The van der Waals surface area contributed by atoms with Gasteiger partial charge in [0, 0.05) is 32.6 Å². The third kappa shape index (κ3) is 31.5. The van der Waals surface area contributed by atoms with E-state index < -0.39 is 153 Å². The van der Waals surface area contributed by atoms with Crippen LogP contribution in [0.1, 0.15) is 129 Å². The molecule has 0 unspecified atom stereocenters. The molecule has 145 heavy (non-hydrogen) atoms. The molecule has 0 aliphatic carbocycles. The third-order valence-electron chi connectivity index (χ3n) is 22.4. The van der Waals surface area contributed by atoms with Gasteiger partial charge in [-0.05, 0) is 271 Å². The highest BCUT2D eigenvalue weighted by molar-refractivity contribution is 5.94. The number of rotatable bonds is 48. The maximum absolute atomic E-state index is 14.8. The van der Waals surface area contributed by atoms with E-state index in [9.17, 15) is 63.3 Å². The van der Waals surface area contributed by atoms with Crippen LogP contribution >= 0.6 is 0 Å². The lowest BCUT2D eigenvalue weighted by Crippen LogP contribution is -2.42. The predicted molar refractivity (Wildman–Crippen MR) is 517 cm³/mol. The summed E-state index contributed by atoms with van der Waals surface area (Å²) in [5, 5.41) is 58.8. The van der Waals surface area contributed by atoms with Crippen LogP contribution in [0.25, 0.3) is 44.5 Å². The Morgan fingerprint density at radius 3 is 0.607 bits per heavy atom. The molecule has 0 saturated heterocycles. The van der Waals surface area contributed by atoms with E-state index in [1.165, 1.54) is 104 Å². The number of nitrogens with zero attached hydrogens (tertiary/aromatic N) is 6. The second kappa shape index (κ2) is 52.1. The smallest absolute Gasteiger partial charge is 0.343 e. The van der Waals surface area contributed by atoms with Gasteiger partial charge in [-0.3, -0.25) is 33.6 Å². The number of hydrogen-bond donors (Lipinski definition) is 0. The minimum atomic E-state index is -2.36. The summed E-state index contributed by atoms with van der Waals surface area (Å²) in [6, 6.07) is 90.8. The van der Waals surface area contributed by atoms with Crippen LogP contribution in [-0.2, 0) is 66.7 Å². The van der Waals surface area contributed by atoms with Crippen molar-refractivity contribution in [1.29, 1.82) is 31.6 Å². The van der Waals surface area contributed by atoms with Crippen molar-refractivity contribution in [2.24, 2.45) is 16.2 Å². The van der Waals surface area contributed by atoms with Crippen molar-refractivity contribution in [1.82, 2.24) is 0 Å². The number of nitriles is 6. The van der Waals surface area contributed by atoms with E-state index in [-0.39, 0.29) is 121 Å². The SMILES string of the molecule is CC(=O)OCC(C)(COC(=O)C(C#N)(CCC(=O)OCCOc1ccc(C(=O)Oc2ccc(-c3ccc(C#N)cc3)cc2)cc1)CCC(=O)OCCOc1ccc(C(=O)Oc2ccc(-c3ccc(C#N)cc3)cc2)cc1)COC(=O)C(C#N)(CCC(=O)OCCOc1ccc(C(=O)Oc2ccc(-c3ccc(C#N)cc3)cc2)cc1)CCC(=O)OCCOc1ccc(C(=O)Oc2ccc(-c3ccc(C#N)cc3)cc2)cc1. The summed E-state index contributed by atoms with van der Waals surface area (Å²) in [5.74, 6) is -7.68. The Kier molecular flexibility index (Phi) is 37.7. The van der Waals surface area contributed by atoms with Gasteiger partial charge in [-0.15, -0.1) is 0 Å². The van der Waals surface area contributed by atoms with E-state index in [4.69, 9.17) is 92.1 Å². The van der Waals surface area contributed by atoms with Gasteiger partial charge in [0.05, 0.1) is 86.3 Å². The third-order valence-corrected chi connectivity index (χ3v) is 22.4. The maximum Gasteiger partial charge on any atom is 0.343 e. The summed E-state index contributed by atoms with van der Waals surface area (Å²) >= 11 is 0. The summed E-state index contributed by atoms with van der Waals surface area (Å²) in [5.41, 5.74) is 3.04. The molecule has 0 fully saturated rings. The molecule has 0 aliphatic heterocycles. The van der Waals surface area contributed by atoms with Gasteiger partial charge in [-0.1, -0.05) is 97.1 Å². The van der Waals surface area contributed by atoms with Crippen molar-refractivity contribution in [3.63, 3.8) is 0 Å². The van der Waals surface area contributed by atoms with E-state index in [1.54, 1.807) is 194 Å². The fourth-order valence-corrected chi connectivity index (χ4v) is 14.2. The van der Waals surface area contributed by atoms with Crippen molar-refractivity contribution in [3.8, 4) is 127 Å². The first-order valence-electron chi connectivity index (χ1n) is 45.4. The number of ether oxygens (including phenoxy) is 15. The van der Waals surface area contributed by atoms with E-state index in [1.807, 2.05) is 12.1 Å². The van der Waals surface area contributed by atoms with E-state index >= 15 is 0 Å².